The molecule has 0 aliphatic rings. The molecule has 2 aromatic carbocycles. The van der Waals surface area contributed by atoms with Crippen LogP contribution in [0.2, 0.25) is 0 Å². The van der Waals surface area contributed by atoms with Crippen molar-refractivity contribution < 1.29 is 9.47 Å². The van der Waals surface area contributed by atoms with E-state index >= 15 is 0 Å². The molecule has 94 valence electrons. The van der Waals surface area contributed by atoms with Gasteiger partial charge in [0.25, 0.3) is 0 Å². The Morgan fingerprint density at radius 1 is 1.11 bits per heavy atom. The van der Waals surface area contributed by atoms with E-state index in [9.17, 15) is 0 Å². The summed E-state index contributed by atoms with van der Waals surface area (Å²) in [6.07, 6.45) is 1.66. The van der Waals surface area contributed by atoms with Gasteiger partial charge >= 0.3 is 0 Å². The third kappa shape index (κ3) is 2.75. The largest absolute Gasteiger partial charge is 0.493 e. The summed E-state index contributed by atoms with van der Waals surface area (Å²) in [5, 5.41) is 8.88. The molecule has 0 fully saturated rings. The predicted octanol–water partition coefficient (Wildman–Crippen LogP) is 4.00. The van der Waals surface area contributed by atoms with Crippen LogP contribution in [-0.4, -0.2) is 7.11 Å². The summed E-state index contributed by atoms with van der Waals surface area (Å²) in [5.74, 6) is 1.91. The van der Waals surface area contributed by atoms with Crippen LogP contribution in [0.1, 0.15) is 11.1 Å². The van der Waals surface area contributed by atoms with Crippen LogP contribution in [0, 0.1) is 11.3 Å². The van der Waals surface area contributed by atoms with Crippen LogP contribution >= 0.6 is 0 Å². The highest BCUT2D eigenvalue weighted by molar-refractivity contribution is 5.60. The summed E-state index contributed by atoms with van der Waals surface area (Å²) < 4.78 is 11.0. The molecular formula is C16H13NO2. The van der Waals surface area contributed by atoms with Gasteiger partial charge in [0.2, 0.25) is 0 Å². The number of benzene rings is 2. The summed E-state index contributed by atoms with van der Waals surface area (Å²) in [6, 6.07) is 14.7. The molecule has 0 amide bonds. The monoisotopic (exact) mass is 251 g/mol. The maximum Gasteiger partial charge on any atom is 0.169 e. The third-order valence-electron chi connectivity index (χ3n) is 2.65. The lowest BCUT2D eigenvalue weighted by molar-refractivity contribution is 0.378. The van der Waals surface area contributed by atoms with Crippen molar-refractivity contribution in [2.75, 3.05) is 7.11 Å². The number of nitriles is 1. The zero-order chi connectivity index (χ0) is 13.7. The molecule has 0 saturated carbocycles. The van der Waals surface area contributed by atoms with E-state index in [1.165, 1.54) is 0 Å². The summed E-state index contributed by atoms with van der Waals surface area (Å²) >= 11 is 0. The molecule has 2 rings (SSSR count). The van der Waals surface area contributed by atoms with E-state index in [2.05, 4.69) is 12.6 Å². The Morgan fingerprint density at radius 3 is 2.47 bits per heavy atom. The second-order valence-electron chi connectivity index (χ2n) is 3.82. The van der Waals surface area contributed by atoms with E-state index in [0.717, 1.165) is 5.56 Å². The lowest BCUT2D eigenvalue weighted by Gasteiger charge is -2.12. The van der Waals surface area contributed by atoms with Gasteiger partial charge in [-0.3, -0.25) is 0 Å². The van der Waals surface area contributed by atoms with Gasteiger partial charge in [0.05, 0.1) is 18.7 Å². The molecular weight excluding hydrogens is 238 g/mol. The van der Waals surface area contributed by atoms with E-state index in [0.29, 0.717) is 22.8 Å². The Hall–Kier alpha value is -2.73. The van der Waals surface area contributed by atoms with Gasteiger partial charge in [-0.25, -0.2) is 0 Å². The molecule has 0 radical (unpaired) electrons. The molecule has 0 spiro atoms. The Balaban J connectivity index is 2.38. The lowest BCUT2D eigenvalue weighted by Crippen LogP contribution is -1.92. The molecule has 0 aliphatic carbocycles. The van der Waals surface area contributed by atoms with Gasteiger partial charge in [-0.2, -0.15) is 5.26 Å². The molecule has 0 saturated heterocycles. The molecule has 0 N–H and O–H groups in total. The van der Waals surface area contributed by atoms with Crippen LogP contribution in [0.5, 0.6) is 17.2 Å². The highest BCUT2D eigenvalue weighted by atomic mass is 16.5. The van der Waals surface area contributed by atoms with Crippen molar-refractivity contribution >= 4 is 6.08 Å². The van der Waals surface area contributed by atoms with Crippen LogP contribution in [0.15, 0.2) is 49.0 Å². The van der Waals surface area contributed by atoms with Gasteiger partial charge in [-0.15, -0.1) is 0 Å². The zero-order valence-corrected chi connectivity index (χ0v) is 10.6. The summed E-state index contributed by atoms with van der Waals surface area (Å²) in [4.78, 5) is 0. The van der Waals surface area contributed by atoms with Crippen LogP contribution in [0.25, 0.3) is 6.08 Å². The molecule has 19 heavy (non-hydrogen) atoms. The Labute approximate surface area is 112 Å². The average molecular weight is 251 g/mol. The van der Waals surface area contributed by atoms with Crippen molar-refractivity contribution in [2.45, 2.75) is 0 Å². The first-order valence-corrected chi connectivity index (χ1v) is 5.76. The fourth-order valence-electron chi connectivity index (χ4n) is 1.69. The Morgan fingerprint density at radius 2 is 1.84 bits per heavy atom. The quantitative estimate of drug-likeness (QED) is 0.824. The molecule has 0 bridgehead atoms. The SMILES string of the molecule is C=Cc1cc(C#N)ccc1Oc1ccccc1OC. The van der Waals surface area contributed by atoms with Crippen molar-refractivity contribution in [2.24, 2.45) is 0 Å². The van der Waals surface area contributed by atoms with Crippen LogP contribution in [0.4, 0.5) is 0 Å². The average Bonchev–Trinajstić information content (AvgIpc) is 2.48. The van der Waals surface area contributed by atoms with Gasteiger partial charge < -0.3 is 9.47 Å². The summed E-state index contributed by atoms with van der Waals surface area (Å²) in [6.45, 7) is 3.73. The molecule has 3 nitrogen and oxygen atoms in total. The first-order chi connectivity index (χ1) is 9.28. The minimum absolute atomic E-state index is 0.572. The molecule has 0 aliphatic heterocycles. The minimum Gasteiger partial charge on any atom is -0.493 e. The summed E-state index contributed by atoms with van der Waals surface area (Å²) in [7, 11) is 1.59. The van der Waals surface area contributed by atoms with Gasteiger partial charge in [-0.05, 0) is 30.3 Å². The van der Waals surface area contributed by atoms with Gasteiger partial charge in [0, 0.05) is 5.56 Å². The molecule has 0 heterocycles. The standard InChI is InChI=1S/C16H13NO2/c1-3-13-10-12(11-17)8-9-14(13)19-16-7-5-4-6-15(16)18-2/h3-10H,1H2,2H3. The van der Waals surface area contributed by atoms with E-state index in [-0.39, 0.29) is 0 Å². The van der Waals surface area contributed by atoms with Gasteiger partial charge in [0.1, 0.15) is 5.75 Å². The van der Waals surface area contributed by atoms with E-state index in [1.807, 2.05) is 24.3 Å². The number of ether oxygens (including phenoxy) is 2. The number of nitrogens with zero attached hydrogens (tertiary/aromatic N) is 1. The van der Waals surface area contributed by atoms with Crippen molar-refractivity contribution in [3.8, 4) is 23.3 Å². The number of hydrogen-bond acceptors (Lipinski definition) is 3. The van der Waals surface area contributed by atoms with E-state index in [4.69, 9.17) is 14.7 Å². The highest BCUT2D eigenvalue weighted by Gasteiger charge is 2.07. The fraction of sp³-hybridized carbons (Fsp3) is 0.0625. The number of methoxy groups -OCH3 is 1. The lowest BCUT2D eigenvalue weighted by atomic mass is 10.1. The molecule has 0 aromatic heterocycles. The van der Waals surface area contributed by atoms with Crippen LogP contribution < -0.4 is 9.47 Å². The smallest absolute Gasteiger partial charge is 0.169 e. The zero-order valence-electron chi connectivity index (χ0n) is 10.6. The second-order valence-corrected chi connectivity index (χ2v) is 3.82. The van der Waals surface area contributed by atoms with E-state index < -0.39 is 0 Å². The van der Waals surface area contributed by atoms with Gasteiger partial charge in [0.15, 0.2) is 11.5 Å². The normalized spacial score (nSPS) is 9.47. The van der Waals surface area contributed by atoms with Gasteiger partial charge in [-0.1, -0.05) is 24.8 Å². The number of hydrogen-bond donors (Lipinski definition) is 0. The van der Waals surface area contributed by atoms with Crippen LogP contribution in [-0.2, 0) is 0 Å². The van der Waals surface area contributed by atoms with E-state index in [1.54, 1.807) is 31.4 Å². The van der Waals surface area contributed by atoms with Crippen LogP contribution in [0.3, 0.4) is 0 Å². The molecule has 0 unspecified atom stereocenters. The fourth-order valence-corrected chi connectivity index (χ4v) is 1.69. The summed E-state index contributed by atoms with van der Waals surface area (Å²) in [5.41, 5.74) is 1.34. The first-order valence-electron chi connectivity index (χ1n) is 5.76. The topological polar surface area (TPSA) is 42.2 Å². The Bertz CT molecular complexity index is 641. The van der Waals surface area contributed by atoms with Crippen molar-refractivity contribution in [1.82, 2.24) is 0 Å². The number of rotatable bonds is 4. The maximum atomic E-state index is 8.88. The number of para-hydroxylation sites is 2. The minimum atomic E-state index is 0.572. The maximum absolute atomic E-state index is 8.88. The molecule has 2 aromatic rings. The van der Waals surface area contributed by atoms with Crippen molar-refractivity contribution in [1.29, 1.82) is 5.26 Å². The van der Waals surface area contributed by atoms with Crippen molar-refractivity contribution in [3.05, 3.63) is 60.2 Å². The molecule has 0 atom stereocenters. The molecule has 3 heteroatoms. The Kier molecular flexibility index (Phi) is 3.84. The first kappa shape index (κ1) is 12.7. The van der Waals surface area contributed by atoms with Crippen molar-refractivity contribution in [3.63, 3.8) is 0 Å². The highest BCUT2D eigenvalue weighted by Crippen LogP contribution is 2.33. The second kappa shape index (κ2) is 5.74. The predicted molar refractivity (Wildman–Crippen MR) is 74.3 cm³/mol. The third-order valence-corrected chi connectivity index (χ3v) is 2.65.